The van der Waals surface area contributed by atoms with Gasteiger partial charge in [0.05, 0.1) is 6.10 Å². The van der Waals surface area contributed by atoms with Gasteiger partial charge in [0.25, 0.3) is 0 Å². The van der Waals surface area contributed by atoms with Gasteiger partial charge < -0.3 is 10.2 Å². The van der Waals surface area contributed by atoms with Crippen LogP contribution in [-0.2, 0) is 0 Å². The number of aliphatic hydroxyl groups excluding tert-OH is 2. The molecule has 2 nitrogen and oxygen atoms in total. The first-order valence-corrected chi connectivity index (χ1v) is 3.73. The minimum Gasteiger partial charge on any atom is -0.392 e. The van der Waals surface area contributed by atoms with Gasteiger partial charge in [0, 0.05) is 6.42 Å². The Morgan fingerprint density at radius 2 is 1.82 bits per heavy atom. The Morgan fingerprint density at radius 1 is 1.27 bits per heavy atom. The number of aliphatic hydroxyl groups is 2. The zero-order chi connectivity index (χ0) is 8.91. The van der Waals surface area contributed by atoms with E-state index in [9.17, 15) is 5.11 Å². The van der Waals surface area contributed by atoms with Crippen molar-refractivity contribution in [3.05, 3.63) is 0 Å². The molecular weight excluding hydrogens is 140 g/mol. The van der Waals surface area contributed by atoms with Gasteiger partial charge in [-0.2, -0.15) is 0 Å². The normalized spacial score (nSPS) is 13.5. The van der Waals surface area contributed by atoms with Crippen LogP contribution >= 0.6 is 0 Å². The molecule has 0 amide bonds. The smallest absolute Gasteiger partial charge is 0.104 e. The van der Waals surface area contributed by atoms with Gasteiger partial charge in [-0.25, -0.2) is 0 Å². The zero-order valence-electron chi connectivity index (χ0n) is 7.39. The van der Waals surface area contributed by atoms with Crippen molar-refractivity contribution in [2.45, 2.75) is 33.3 Å². The van der Waals surface area contributed by atoms with Gasteiger partial charge in [-0.15, -0.1) is 0 Å². The van der Waals surface area contributed by atoms with E-state index < -0.39 is 6.10 Å². The van der Waals surface area contributed by atoms with Crippen LogP contribution in [0.5, 0.6) is 0 Å². The van der Waals surface area contributed by atoms with Crippen LogP contribution in [0.25, 0.3) is 0 Å². The Morgan fingerprint density at radius 3 is 2.18 bits per heavy atom. The Bertz CT molecular complexity index is 157. The number of hydrogen-bond donors (Lipinski definition) is 2. The summed E-state index contributed by atoms with van der Waals surface area (Å²) in [6.45, 7) is 5.74. The fraction of sp³-hybridized carbons (Fsp3) is 0.778. The summed E-state index contributed by atoms with van der Waals surface area (Å²) in [5, 5.41) is 17.8. The van der Waals surface area contributed by atoms with Crippen molar-refractivity contribution in [1.29, 1.82) is 0 Å². The summed E-state index contributed by atoms with van der Waals surface area (Å²) >= 11 is 0. The molecule has 0 radical (unpaired) electrons. The van der Waals surface area contributed by atoms with Crippen molar-refractivity contribution < 1.29 is 10.2 Å². The molecule has 0 saturated carbocycles. The summed E-state index contributed by atoms with van der Waals surface area (Å²) in [5.74, 6) is 5.19. The zero-order valence-corrected chi connectivity index (χ0v) is 7.39. The molecule has 0 aliphatic carbocycles. The van der Waals surface area contributed by atoms with Gasteiger partial charge >= 0.3 is 0 Å². The van der Waals surface area contributed by atoms with Gasteiger partial charge in [0.2, 0.25) is 0 Å². The summed E-state index contributed by atoms with van der Waals surface area (Å²) in [4.78, 5) is 0. The molecule has 0 bridgehead atoms. The minimum absolute atomic E-state index is 0.121. The van der Waals surface area contributed by atoms with Gasteiger partial charge in [0.15, 0.2) is 0 Å². The average molecular weight is 156 g/mol. The molecule has 11 heavy (non-hydrogen) atoms. The molecule has 0 heterocycles. The third-order valence-corrected chi connectivity index (χ3v) is 1.50. The predicted molar refractivity (Wildman–Crippen MR) is 44.9 cm³/mol. The minimum atomic E-state index is -0.415. The molecule has 1 unspecified atom stereocenters. The molecule has 0 aliphatic heterocycles. The lowest BCUT2D eigenvalue weighted by Crippen LogP contribution is -2.25. The second-order valence-corrected chi connectivity index (χ2v) is 3.60. The fourth-order valence-electron chi connectivity index (χ4n) is 0.531. The van der Waals surface area contributed by atoms with Gasteiger partial charge in [0.1, 0.15) is 6.61 Å². The lowest BCUT2D eigenvalue weighted by Gasteiger charge is -2.23. The van der Waals surface area contributed by atoms with Crippen LogP contribution in [0.2, 0.25) is 0 Å². The van der Waals surface area contributed by atoms with E-state index in [1.165, 1.54) is 0 Å². The highest BCUT2D eigenvalue weighted by molar-refractivity contribution is 5.01. The Labute approximate surface area is 68.2 Å². The highest BCUT2D eigenvalue weighted by Crippen LogP contribution is 2.20. The van der Waals surface area contributed by atoms with Crippen LogP contribution in [0, 0.1) is 17.3 Å². The molecule has 64 valence electrons. The first kappa shape index (κ1) is 10.5. The molecule has 0 saturated heterocycles. The summed E-state index contributed by atoms with van der Waals surface area (Å²) < 4.78 is 0. The lowest BCUT2D eigenvalue weighted by molar-refractivity contribution is 0.0677. The number of rotatable bonds is 1. The largest absolute Gasteiger partial charge is 0.392 e. The van der Waals surface area contributed by atoms with E-state index in [2.05, 4.69) is 11.8 Å². The van der Waals surface area contributed by atoms with E-state index in [0.29, 0.717) is 6.42 Å². The van der Waals surface area contributed by atoms with Crippen LogP contribution in [0.3, 0.4) is 0 Å². The summed E-state index contributed by atoms with van der Waals surface area (Å²) in [6, 6.07) is 0. The average Bonchev–Trinajstić information content (AvgIpc) is 1.86. The Kier molecular flexibility index (Phi) is 4.17. The monoisotopic (exact) mass is 156 g/mol. The third kappa shape index (κ3) is 4.83. The number of hydrogen-bond acceptors (Lipinski definition) is 2. The van der Waals surface area contributed by atoms with Crippen molar-refractivity contribution in [2.75, 3.05) is 6.61 Å². The summed E-state index contributed by atoms with van der Waals surface area (Å²) in [7, 11) is 0. The summed E-state index contributed by atoms with van der Waals surface area (Å²) in [5.41, 5.74) is -0.121. The standard InChI is InChI=1S/C9H16O2/c1-9(2,3)8(11)6-4-5-7-10/h8,10-11H,6-7H2,1-3H3. The van der Waals surface area contributed by atoms with Crippen LogP contribution in [0.15, 0.2) is 0 Å². The van der Waals surface area contributed by atoms with Gasteiger partial charge in [-0.3, -0.25) is 0 Å². The van der Waals surface area contributed by atoms with Crippen LogP contribution in [0.1, 0.15) is 27.2 Å². The molecule has 1 atom stereocenters. The van der Waals surface area contributed by atoms with Gasteiger partial charge in [-0.05, 0) is 5.41 Å². The highest BCUT2D eigenvalue weighted by Gasteiger charge is 2.20. The molecule has 0 spiro atoms. The Hall–Kier alpha value is -0.520. The fourth-order valence-corrected chi connectivity index (χ4v) is 0.531. The molecular formula is C9H16O2. The molecule has 0 rings (SSSR count). The van der Waals surface area contributed by atoms with Crippen molar-refractivity contribution in [3.8, 4) is 11.8 Å². The van der Waals surface area contributed by atoms with Crippen molar-refractivity contribution >= 4 is 0 Å². The van der Waals surface area contributed by atoms with Crippen molar-refractivity contribution in [1.82, 2.24) is 0 Å². The SMILES string of the molecule is CC(C)(C)C(O)CC#CCO. The van der Waals surface area contributed by atoms with E-state index >= 15 is 0 Å². The predicted octanol–water partition coefficient (Wildman–Crippen LogP) is 0.779. The molecule has 0 aromatic carbocycles. The first-order valence-electron chi connectivity index (χ1n) is 3.73. The second-order valence-electron chi connectivity index (χ2n) is 3.60. The van der Waals surface area contributed by atoms with E-state index in [-0.39, 0.29) is 12.0 Å². The summed E-state index contributed by atoms with van der Waals surface area (Å²) in [6.07, 6.45) is 0.0194. The van der Waals surface area contributed by atoms with Crippen LogP contribution in [-0.4, -0.2) is 22.9 Å². The second kappa shape index (κ2) is 4.38. The topological polar surface area (TPSA) is 40.5 Å². The maximum atomic E-state index is 9.43. The maximum Gasteiger partial charge on any atom is 0.104 e. The van der Waals surface area contributed by atoms with Crippen LogP contribution in [0.4, 0.5) is 0 Å². The van der Waals surface area contributed by atoms with Crippen molar-refractivity contribution in [3.63, 3.8) is 0 Å². The molecule has 0 aliphatic rings. The molecule has 0 aromatic heterocycles. The van der Waals surface area contributed by atoms with E-state index in [4.69, 9.17) is 5.11 Å². The maximum absolute atomic E-state index is 9.43. The molecule has 2 heteroatoms. The molecule has 0 aromatic rings. The molecule has 0 fully saturated rings. The lowest BCUT2D eigenvalue weighted by atomic mass is 9.87. The highest BCUT2D eigenvalue weighted by atomic mass is 16.3. The molecule has 2 N–H and O–H groups in total. The van der Waals surface area contributed by atoms with E-state index in [1.807, 2.05) is 20.8 Å². The first-order chi connectivity index (χ1) is 4.98. The van der Waals surface area contributed by atoms with Crippen LogP contribution < -0.4 is 0 Å². The Balaban J connectivity index is 3.79. The van der Waals surface area contributed by atoms with E-state index in [1.54, 1.807) is 0 Å². The quantitative estimate of drug-likeness (QED) is 0.551. The van der Waals surface area contributed by atoms with Gasteiger partial charge in [-0.1, -0.05) is 32.6 Å². The van der Waals surface area contributed by atoms with Crippen molar-refractivity contribution in [2.24, 2.45) is 5.41 Å². The third-order valence-electron chi connectivity index (χ3n) is 1.50. The van der Waals surface area contributed by atoms with E-state index in [0.717, 1.165) is 0 Å².